The Morgan fingerprint density at radius 2 is 1.92 bits per heavy atom. The van der Waals surface area contributed by atoms with Gasteiger partial charge in [0, 0.05) is 38.1 Å². The first kappa shape index (κ1) is 16.2. The molecule has 0 saturated carbocycles. The Hall–Kier alpha value is -2.33. The number of aryl methyl sites for hydroxylation is 1. The molecule has 3 aromatic rings. The standard InChI is InChI=1S/C21H26N4/c1-17-22-20(21-10-6-7-12-25(17)21)16-23(2)14-18-11-13-24(15-18)19-8-4-3-5-9-19/h3-10,12,18H,11,13-16H2,1-2H3/t18-/m0/s1. The molecule has 0 radical (unpaired) electrons. The second-order valence-electron chi connectivity index (χ2n) is 7.19. The van der Waals surface area contributed by atoms with Gasteiger partial charge in [0.2, 0.25) is 0 Å². The van der Waals surface area contributed by atoms with Crippen LogP contribution in [-0.4, -0.2) is 41.0 Å². The summed E-state index contributed by atoms with van der Waals surface area (Å²) in [5, 5.41) is 0. The van der Waals surface area contributed by atoms with Crippen molar-refractivity contribution < 1.29 is 0 Å². The maximum absolute atomic E-state index is 4.78. The third-order valence-corrected chi connectivity index (χ3v) is 5.20. The summed E-state index contributed by atoms with van der Waals surface area (Å²) in [6.45, 7) is 6.41. The maximum atomic E-state index is 4.78. The Kier molecular flexibility index (Phi) is 4.45. The van der Waals surface area contributed by atoms with Crippen LogP contribution in [0.5, 0.6) is 0 Å². The first-order chi connectivity index (χ1) is 12.2. The lowest BCUT2D eigenvalue weighted by atomic mass is 10.1. The molecule has 4 heteroatoms. The fraction of sp³-hybridized carbons (Fsp3) is 0.381. The minimum Gasteiger partial charge on any atom is -0.371 e. The molecule has 0 amide bonds. The Morgan fingerprint density at radius 3 is 2.76 bits per heavy atom. The number of pyridine rings is 1. The van der Waals surface area contributed by atoms with Crippen LogP contribution in [0.1, 0.15) is 17.9 Å². The Morgan fingerprint density at radius 1 is 1.12 bits per heavy atom. The highest BCUT2D eigenvalue weighted by Crippen LogP contribution is 2.24. The average molecular weight is 334 g/mol. The Bertz CT molecular complexity index is 839. The molecule has 0 unspecified atom stereocenters. The molecule has 1 atom stereocenters. The molecule has 4 rings (SSSR count). The third kappa shape index (κ3) is 3.40. The van der Waals surface area contributed by atoms with Crippen LogP contribution in [0.2, 0.25) is 0 Å². The molecule has 4 nitrogen and oxygen atoms in total. The van der Waals surface area contributed by atoms with Gasteiger partial charge in [-0.2, -0.15) is 0 Å². The molecule has 1 aromatic carbocycles. The summed E-state index contributed by atoms with van der Waals surface area (Å²) in [4.78, 5) is 9.71. The first-order valence-corrected chi connectivity index (χ1v) is 9.12. The molecule has 1 saturated heterocycles. The molecule has 1 aliphatic heterocycles. The number of anilines is 1. The van der Waals surface area contributed by atoms with Gasteiger partial charge in [-0.1, -0.05) is 24.3 Å². The summed E-state index contributed by atoms with van der Waals surface area (Å²) in [7, 11) is 2.22. The second-order valence-corrected chi connectivity index (χ2v) is 7.19. The van der Waals surface area contributed by atoms with Crippen LogP contribution < -0.4 is 4.90 Å². The highest BCUT2D eigenvalue weighted by molar-refractivity contribution is 5.53. The van der Waals surface area contributed by atoms with E-state index < -0.39 is 0 Å². The Balaban J connectivity index is 1.39. The summed E-state index contributed by atoms with van der Waals surface area (Å²) in [6, 6.07) is 17.1. The number of hydrogen-bond donors (Lipinski definition) is 0. The van der Waals surface area contributed by atoms with Gasteiger partial charge in [-0.25, -0.2) is 4.98 Å². The van der Waals surface area contributed by atoms with Crippen molar-refractivity contribution in [1.82, 2.24) is 14.3 Å². The Labute approximate surface area is 149 Å². The summed E-state index contributed by atoms with van der Waals surface area (Å²) in [5.74, 6) is 1.79. The second kappa shape index (κ2) is 6.89. The van der Waals surface area contributed by atoms with Crippen LogP contribution in [0.4, 0.5) is 5.69 Å². The molecular weight excluding hydrogens is 308 g/mol. The zero-order chi connectivity index (χ0) is 17.2. The lowest BCUT2D eigenvalue weighted by Gasteiger charge is -2.22. The van der Waals surface area contributed by atoms with Gasteiger partial charge >= 0.3 is 0 Å². The molecule has 0 bridgehead atoms. The van der Waals surface area contributed by atoms with Crippen molar-refractivity contribution in [2.24, 2.45) is 5.92 Å². The van der Waals surface area contributed by atoms with Crippen LogP contribution in [0, 0.1) is 12.8 Å². The zero-order valence-electron chi connectivity index (χ0n) is 15.1. The van der Waals surface area contributed by atoms with Crippen LogP contribution in [-0.2, 0) is 6.54 Å². The van der Waals surface area contributed by atoms with Gasteiger partial charge in [0.05, 0.1) is 11.2 Å². The van der Waals surface area contributed by atoms with Gasteiger partial charge in [-0.3, -0.25) is 0 Å². The summed E-state index contributed by atoms with van der Waals surface area (Å²) < 4.78 is 2.18. The molecule has 1 fully saturated rings. The molecule has 3 heterocycles. The topological polar surface area (TPSA) is 23.8 Å². The van der Waals surface area contributed by atoms with Crippen LogP contribution in [0.15, 0.2) is 54.7 Å². The van der Waals surface area contributed by atoms with Gasteiger partial charge in [0.1, 0.15) is 5.82 Å². The van der Waals surface area contributed by atoms with Crippen molar-refractivity contribution in [3.63, 3.8) is 0 Å². The molecule has 0 N–H and O–H groups in total. The smallest absolute Gasteiger partial charge is 0.110 e. The number of aromatic nitrogens is 2. The fourth-order valence-electron chi connectivity index (χ4n) is 4.00. The average Bonchev–Trinajstić information content (AvgIpc) is 3.21. The van der Waals surface area contributed by atoms with Crippen molar-refractivity contribution in [3.05, 3.63) is 66.2 Å². The van der Waals surface area contributed by atoms with Gasteiger partial charge in [-0.15, -0.1) is 0 Å². The van der Waals surface area contributed by atoms with E-state index in [2.05, 4.69) is 82.9 Å². The molecule has 2 aromatic heterocycles. The third-order valence-electron chi connectivity index (χ3n) is 5.20. The number of hydrogen-bond acceptors (Lipinski definition) is 3. The molecule has 0 spiro atoms. The van der Waals surface area contributed by atoms with Crippen molar-refractivity contribution in [3.8, 4) is 0 Å². The highest BCUT2D eigenvalue weighted by Gasteiger charge is 2.24. The predicted molar refractivity (Wildman–Crippen MR) is 103 cm³/mol. The van der Waals surface area contributed by atoms with E-state index in [0.717, 1.165) is 37.9 Å². The lowest BCUT2D eigenvalue weighted by Crippen LogP contribution is -2.28. The number of benzene rings is 1. The van der Waals surface area contributed by atoms with Crippen molar-refractivity contribution in [1.29, 1.82) is 0 Å². The van der Waals surface area contributed by atoms with Crippen molar-refractivity contribution in [2.45, 2.75) is 19.9 Å². The van der Waals surface area contributed by atoms with E-state index in [1.54, 1.807) is 0 Å². The van der Waals surface area contributed by atoms with Crippen molar-refractivity contribution in [2.75, 3.05) is 31.6 Å². The van der Waals surface area contributed by atoms with Gasteiger partial charge in [0.25, 0.3) is 0 Å². The largest absolute Gasteiger partial charge is 0.371 e. The van der Waals surface area contributed by atoms with E-state index in [1.165, 1.54) is 23.3 Å². The quantitative estimate of drug-likeness (QED) is 0.712. The van der Waals surface area contributed by atoms with Crippen LogP contribution in [0.25, 0.3) is 5.52 Å². The van der Waals surface area contributed by atoms with Gasteiger partial charge < -0.3 is 14.2 Å². The molecule has 130 valence electrons. The number of para-hydroxylation sites is 1. The minimum absolute atomic E-state index is 0.722. The van der Waals surface area contributed by atoms with Crippen LogP contribution >= 0.6 is 0 Å². The van der Waals surface area contributed by atoms with Crippen molar-refractivity contribution >= 4 is 11.2 Å². The number of fused-ring (bicyclic) bond motifs is 1. The molecule has 25 heavy (non-hydrogen) atoms. The monoisotopic (exact) mass is 334 g/mol. The van der Waals surface area contributed by atoms with E-state index in [-0.39, 0.29) is 0 Å². The van der Waals surface area contributed by atoms with E-state index >= 15 is 0 Å². The fourth-order valence-corrected chi connectivity index (χ4v) is 4.00. The van der Waals surface area contributed by atoms with E-state index in [4.69, 9.17) is 4.98 Å². The molecule has 1 aliphatic rings. The number of nitrogens with zero attached hydrogens (tertiary/aromatic N) is 4. The predicted octanol–water partition coefficient (Wildman–Crippen LogP) is 3.60. The van der Waals surface area contributed by atoms with E-state index in [9.17, 15) is 0 Å². The molecular formula is C21H26N4. The van der Waals surface area contributed by atoms with Crippen LogP contribution in [0.3, 0.4) is 0 Å². The normalized spacial score (nSPS) is 17.7. The SMILES string of the molecule is Cc1nc(CN(C)C[C@@H]2CCN(c3ccccc3)C2)c2ccccn12. The van der Waals surface area contributed by atoms with E-state index in [0.29, 0.717) is 0 Å². The van der Waals surface area contributed by atoms with Gasteiger partial charge in [0.15, 0.2) is 0 Å². The number of imidazole rings is 1. The molecule has 0 aliphatic carbocycles. The summed E-state index contributed by atoms with van der Waals surface area (Å²) in [5.41, 5.74) is 3.76. The minimum atomic E-state index is 0.722. The van der Waals surface area contributed by atoms with Gasteiger partial charge in [-0.05, 0) is 50.6 Å². The first-order valence-electron chi connectivity index (χ1n) is 9.12. The zero-order valence-corrected chi connectivity index (χ0v) is 15.1. The highest BCUT2D eigenvalue weighted by atomic mass is 15.2. The van der Waals surface area contributed by atoms with E-state index in [1.807, 2.05) is 0 Å². The summed E-state index contributed by atoms with van der Waals surface area (Å²) >= 11 is 0. The summed E-state index contributed by atoms with van der Waals surface area (Å²) in [6.07, 6.45) is 3.36. The lowest BCUT2D eigenvalue weighted by molar-refractivity contribution is 0.278. The number of rotatable bonds is 5. The maximum Gasteiger partial charge on any atom is 0.110 e.